The lowest BCUT2D eigenvalue weighted by Crippen LogP contribution is -2.36. The van der Waals surface area contributed by atoms with E-state index >= 15 is 0 Å². The number of aromatic nitrogens is 1. The van der Waals surface area contributed by atoms with Crippen LogP contribution in [0.2, 0.25) is 0 Å². The van der Waals surface area contributed by atoms with Crippen molar-refractivity contribution < 1.29 is 4.79 Å². The minimum Gasteiger partial charge on any atom is -0.338 e. The van der Waals surface area contributed by atoms with Crippen molar-refractivity contribution in [1.29, 1.82) is 0 Å². The molecule has 1 aromatic carbocycles. The highest BCUT2D eigenvalue weighted by Gasteiger charge is 2.19. The van der Waals surface area contributed by atoms with Crippen LogP contribution < -0.4 is 0 Å². The van der Waals surface area contributed by atoms with Crippen molar-refractivity contribution in [3.63, 3.8) is 0 Å². The maximum absolute atomic E-state index is 12.3. The number of hydrogen-bond donors (Lipinski definition) is 0. The second-order valence-corrected chi connectivity index (χ2v) is 5.16. The Labute approximate surface area is 119 Å². The Hall–Kier alpha value is -2.16. The number of carbonyl (C=O) groups is 1. The standard InChI is InChI=1S/C17H18N2O/c20-17(9-8-16-7-3-4-11-18-16)19-12-10-14-5-1-2-6-15(14)13-19/h1-7,11H,8-10,12-13H2. The van der Waals surface area contributed by atoms with Crippen LogP contribution in [-0.2, 0) is 24.2 Å². The highest BCUT2D eigenvalue weighted by Crippen LogP contribution is 2.19. The van der Waals surface area contributed by atoms with Gasteiger partial charge in [-0.2, -0.15) is 0 Å². The molecule has 102 valence electrons. The molecule has 2 aromatic rings. The summed E-state index contributed by atoms with van der Waals surface area (Å²) in [6.07, 6.45) is 4.00. The summed E-state index contributed by atoms with van der Waals surface area (Å²) in [6, 6.07) is 14.2. The zero-order chi connectivity index (χ0) is 13.8. The number of fused-ring (bicyclic) bond motifs is 1. The molecule has 0 unspecified atom stereocenters. The van der Waals surface area contributed by atoms with Crippen LogP contribution in [0.5, 0.6) is 0 Å². The molecule has 20 heavy (non-hydrogen) atoms. The summed E-state index contributed by atoms with van der Waals surface area (Å²) in [6.45, 7) is 1.58. The lowest BCUT2D eigenvalue weighted by atomic mass is 9.99. The van der Waals surface area contributed by atoms with Crippen LogP contribution in [-0.4, -0.2) is 22.3 Å². The van der Waals surface area contributed by atoms with Crippen LogP contribution in [0, 0.1) is 0 Å². The van der Waals surface area contributed by atoms with Crippen LogP contribution in [0.15, 0.2) is 48.7 Å². The molecule has 3 nitrogen and oxygen atoms in total. The normalized spacial score (nSPS) is 13.9. The smallest absolute Gasteiger partial charge is 0.223 e. The Morgan fingerprint density at radius 3 is 2.70 bits per heavy atom. The lowest BCUT2D eigenvalue weighted by Gasteiger charge is -2.28. The predicted octanol–water partition coefficient (Wildman–Crippen LogP) is 2.60. The molecule has 0 saturated carbocycles. The van der Waals surface area contributed by atoms with Gasteiger partial charge >= 0.3 is 0 Å². The maximum Gasteiger partial charge on any atom is 0.223 e. The zero-order valence-corrected chi connectivity index (χ0v) is 11.5. The molecule has 0 N–H and O–H groups in total. The number of benzene rings is 1. The van der Waals surface area contributed by atoms with Crippen LogP contribution in [0.3, 0.4) is 0 Å². The second kappa shape index (κ2) is 5.87. The summed E-state index contributed by atoms with van der Waals surface area (Å²) >= 11 is 0. The van der Waals surface area contributed by atoms with E-state index in [1.54, 1.807) is 6.20 Å². The third-order valence-electron chi connectivity index (χ3n) is 3.80. The van der Waals surface area contributed by atoms with Gasteiger partial charge in [0.1, 0.15) is 0 Å². The van der Waals surface area contributed by atoms with Gasteiger partial charge in [0.15, 0.2) is 0 Å². The third-order valence-corrected chi connectivity index (χ3v) is 3.80. The largest absolute Gasteiger partial charge is 0.338 e. The van der Waals surface area contributed by atoms with Crippen molar-refractivity contribution in [2.75, 3.05) is 6.54 Å². The summed E-state index contributed by atoms with van der Waals surface area (Å²) in [5.74, 6) is 0.227. The average molecular weight is 266 g/mol. The molecule has 0 bridgehead atoms. The van der Waals surface area contributed by atoms with Crippen molar-refractivity contribution >= 4 is 5.91 Å². The van der Waals surface area contributed by atoms with Gasteiger partial charge in [0, 0.05) is 31.4 Å². The first-order chi connectivity index (χ1) is 9.83. The van der Waals surface area contributed by atoms with E-state index in [1.165, 1.54) is 11.1 Å². The first kappa shape index (κ1) is 12.9. The molecule has 0 spiro atoms. The van der Waals surface area contributed by atoms with E-state index in [2.05, 4.69) is 23.2 Å². The molecule has 1 amide bonds. The SMILES string of the molecule is O=C(CCc1ccccn1)N1CCc2ccccc2C1. The average Bonchev–Trinajstić information content (AvgIpc) is 2.53. The van der Waals surface area contributed by atoms with Gasteiger partial charge in [-0.15, -0.1) is 0 Å². The second-order valence-electron chi connectivity index (χ2n) is 5.16. The number of pyridine rings is 1. The molecule has 1 aliphatic heterocycles. The topological polar surface area (TPSA) is 33.2 Å². The zero-order valence-electron chi connectivity index (χ0n) is 11.5. The van der Waals surface area contributed by atoms with Gasteiger partial charge in [0.05, 0.1) is 0 Å². The Balaban J connectivity index is 1.59. The summed E-state index contributed by atoms with van der Waals surface area (Å²) in [4.78, 5) is 18.5. The molecule has 3 heteroatoms. The summed E-state index contributed by atoms with van der Waals surface area (Å²) in [5.41, 5.74) is 3.64. The number of aryl methyl sites for hydroxylation is 1. The molecule has 0 aliphatic carbocycles. The number of nitrogens with zero attached hydrogens (tertiary/aromatic N) is 2. The van der Waals surface area contributed by atoms with Crippen LogP contribution >= 0.6 is 0 Å². The van der Waals surface area contributed by atoms with E-state index in [-0.39, 0.29) is 5.91 Å². The van der Waals surface area contributed by atoms with Crippen molar-refractivity contribution in [2.24, 2.45) is 0 Å². The Morgan fingerprint density at radius 2 is 1.90 bits per heavy atom. The number of carbonyl (C=O) groups excluding carboxylic acids is 1. The number of amides is 1. The van der Waals surface area contributed by atoms with Crippen molar-refractivity contribution in [2.45, 2.75) is 25.8 Å². The summed E-state index contributed by atoms with van der Waals surface area (Å²) in [5, 5.41) is 0. The van der Waals surface area contributed by atoms with Crippen LogP contribution in [0.25, 0.3) is 0 Å². The van der Waals surface area contributed by atoms with Gasteiger partial charge in [-0.25, -0.2) is 0 Å². The fraction of sp³-hybridized carbons (Fsp3) is 0.294. The minimum absolute atomic E-state index is 0.227. The molecule has 3 rings (SSSR count). The van der Waals surface area contributed by atoms with E-state index in [9.17, 15) is 4.79 Å². The quantitative estimate of drug-likeness (QED) is 0.855. The van der Waals surface area contributed by atoms with E-state index < -0.39 is 0 Å². The molecular weight excluding hydrogens is 248 g/mol. The van der Waals surface area contributed by atoms with Gasteiger partial charge in [-0.05, 0) is 36.1 Å². The lowest BCUT2D eigenvalue weighted by molar-refractivity contribution is -0.132. The molecule has 0 fully saturated rings. The minimum atomic E-state index is 0.227. The van der Waals surface area contributed by atoms with Crippen LogP contribution in [0.4, 0.5) is 0 Å². The summed E-state index contributed by atoms with van der Waals surface area (Å²) < 4.78 is 0. The number of hydrogen-bond acceptors (Lipinski definition) is 2. The maximum atomic E-state index is 12.3. The van der Waals surface area contributed by atoms with Gasteiger partial charge in [0.25, 0.3) is 0 Å². The third kappa shape index (κ3) is 2.87. The van der Waals surface area contributed by atoms with Crippen molar-refractivity contribution in [3.8, 4) is 0 Å². The monoisotopic (exact) mass is 266 g/mol. The van der Waals surface area contributed by atoms with Crippen LogP contribution in [0.1, 0.15) is 23.2 Å². The van der Waals surface area contributed by atoms with E-state index in [0.717, 1.165) is 31.6 Å². The van der Waals surface area contributed by atoms with E-state index in [0.29, 0.717) is 6.42 Å². The van der Waals surface area contributed by atoms with Gasteiger partial charge in [-0.3, -0.25) is 9.78 Å². The Morgan fingerprint density at radius 1 is 1.10 bits per heavy atom. The molecule has 1 aliphatic rings. The van der Waals surface area contributed by atoms with Crippen molar-refractivity contribution in [1.82, 2.24) is 9.88 Å². The van der Waals surface area contributed by atoms with E-state index in [4.69, 9.17) is 0 Å². The molecule has 2 heterocycles. The van der Waals surface area contributed by atoms with Gasteiger partial charge in [-0.1, -0.05) is 30.3 Å². The van der Waals surface area contributed by atoms with Crippen molar-refractivity contribution in [3.05, 3.63) is 65.5 Å². The van der Waals surface area contributed by atoms with E-state index in [1.807, 2.05) is 29.2 Å². The molecule has 1 aromatic heterocycles. The first-order valence-electron chi connectivity index (χ1n) is 7.07. The first-order valence-corrected chi connectivity index (χ1v) is 7.07. The van der Waals surface area contributed by atoms with Gasteiger partial charge < -0.3 is 4.90 Å². The Kier molecular flexibility index (Phi) is 3.77. The molecule has 0 atom stereocenters. The molecule has 0 saturated heterocycles. The highest BCUT2D eigenvalue weighted by atomic mass is 16.2. The molecule has 0 radical (unpaired) electrons. The fourth-order valence-electron chi connectivity index (χ4n) is 2.65. The highest BCUT2D eigenvalue weighted by molar-refractivity contribution is 5.76. The van der Waals surface area contributed by atoms with Gasteiger partial charge in [0.2, 0.25) is 5.91 Å². The predicted molar refractivity (Wildman–Crippen MR) is 78.1 cm³/mol. The fourth-order valence-corrected chi connectivity index (χ4v) is 2.65. The Bertz CT molecular complexity index is 595. The molecular formula is C17H18N2O. The summed E-state index contributed by atoms with van der Waals surface area (Å²) in [7, 11) is 0. The number of rotatable bonds is 3.